The lowest BCUT2D eigenvalue weighted by Gasteiger charge is -2.25. The molecule has 0 spiro atoms. The number of thiazole rings is 1. The SMILES string of the molecule is C=CCOC(=O)C1=C(C)N=c2s/c(=C\c3ccc([N+](=O)[O-])cc3)c(=O)n2C1c1ccc(OC(C)=O)c(OC)c1. The normalized spacial score (nSPS) is 14.7. The molecule has 4 rings (SSSR count). The van der Waals surface area contributed by atoms with Gasteiger partial charge in [-0.3, -0.25) is 24.3 Å². The van der Waals surface area contributed by atoms with Gasteiger partial charge in [0.25, 0.3) is 11.2 Å². The second-order valence-electron chi connectivity index (χ2n) is 8.32. The second-order valence-corrected chi connectivity index (χ2v) is 9.33. The van der Waals surface area contributed by atoms with Crippen molar-refractivity contribution in [3.63, 3.8) is 0 Å². The van der Waals surface area contributed by atoms with Gasteiger partial charge in [0, 0.05) is 19.1 Å². The van der Waals surface area contributed by atoms with Crippen LogP contribution in [0.15, 0.2) is 76.2 Å². The summed E-state index contributed by atoms with van der Waals surface area (Å²) in [5.74, 6) is -0.807. The molecule has 0 aliphatic carbocycles. The minimum Gasteiger partial charge on any atom is -0.493 e. The topological polar surface area (TPSA) is 139 Å². The summed E-state index contributed by atoms with van der Waals surface area (Å²) in [7, 11) is 1.40. The van der Waals surface area contributed by atoms with Crippen molar-refractivity contribution in [2.75, 3.05) is 13.7 Å². The van der Waals surface area contributed by atoms with Gasteiger partial charge in [0.05, 0.1) is 33.9 Å². The quantitative estimate of drug-likeness (QED) is 0.137. The molecular formula is C27H23N3O8S. The van der Waals surface area contributed by atoms with Crippen LogP contribution in [0.5, 0.6) is 11.5 Å². The molecule has 1 aliphatic rings. The molecule has 3 aromatic rings. The summed E-state index contributed by atoms with van der Waals surface area (Å²) in [6.07, 6.45) is 3.03. The van der Waals surface area contributed by atoms with Crippen molar-refractivity contribution in [3.05, 3.63) is 107 Å². The largest absolute Gasteiger partial charge is 0.493 e. The van der Waals surface area contributed by atoms with Crippen LogP contribution in [0.2, 0.25) is 0 Å². The molecule has 0 saturated carbocycles. The number of hydrogen-bond acceptors (Lipinski definition) is 10. The summed E-state index contributed by atoms with van der Waals surface area (Å²) in [5.41, 5.74) is 1.08. The van der Waals surface area contributed by atoms with Crippen molar-refractivity contribution in [1.82, 2.24) is 4.57 Å². The van der Waals surface area contributed by atoms with E-state index < -0.39 is 28.5 Å². The molecule has 2 heterocycles. The number of esters is 2. The number of nitro groups is 1. The fraction of sp³-hybridized carbons (Fsp3) is 0.185. The van der Waals surface area contributed by atoms with Crippen LogP contribution in [0.4, 0.5) is 5.69 Å². The summed E-state index contributed by atoms with van der Waals surface area (Å²) in [6.45, 7) is 6.44. The smallest absolute Gasteiger partial charge is 0.338 e. The Labute approximate surface area is 225 Å². The number of rotatable bonds is 8. The third-order valence-corrected chi connectivity index (χ3v) is 6.72. The van der Waals surface area contributed by atoms with E-state index in [0.717, 1.165) is 11.3 Å². The Bertz CT molecular complexity index is 1700. The Morgan fingerprint density at radius 3 is 2.54 bits per heavy atom. The lowest BCUT2D eigenvalue weighted by molar-refractivity contribution is -0.384. The Balaban J connectivity index is 1.91. The highest BCUT2D eigenvalue weighted by atomic mass is 32.1. The third-order valence-electron chi connectivity index (χ3n) is 5.73. The molecule has 0 fully saturated rings. The molecule has 1 unspecified atom stereocenters. The van der Waals surface area contributed by atoms with E-state index in [9.17, 15) is 24.5 Å². The summed E-state index contributed by atoms with van der Waals surface area (Å²) in [6, 6.07) is 9.56. The predicted molar refractivity (Wildman–Crippen MR) is 142 cm³/mol. The van der Waals surface area contributed by atoms with E-state index in [1.165, 1.54) is 55.0 Å². The van der Waals surface area contributed by atoms with E-state index in [1.807, 2.05) is 0 Å². The summed E-state index contributed by atoms with van der Waals surface area (Å²) >= 11 is 1.11. The average Bonchev–Trinajstić information content (AvgIpc) is 3.20. The number of nitrogens with zero attached hydrogens (tertiary/aromatic N) is 3. The highest BCUT2D eigenvalue weighted by Gasteiger charge is 2.34. The van der Waals surface area contributed by atoms with Gasteiger partial charge in [0.1, 0.15) is 6.61 Å². The predicted octanol–water partition coefficient (Wildman–Crippen LogP) is 2.81. The first kappa shape index (κ1) is 27.2. The first-order valence-corrected chi connectivity index (χ1v) is 12.4. The Kier molecular flexibility index (Phi) is 7.86. The zero-order valence-electron chi connectivity index (χ0n) is 21.2. The molecule has 0 amide bonds. The molecule has 200 valence electrons. The number of ether oxygens (including phenoxy) is 3. The van der Waals surface area contributed by atoms with E-state index >= 15 is 0 Å². The molecule has 2 aromatic carbocycles. The van der Waals surface area contributed by atoms with E-state index in [0.29, 0.717) is 26.2 Å². The summed E-state index contributed by atoms with van der Waals surface area (Å²) in [5, 5.41) is 11.0. The number of fused-ring (bicyclic) bond motifs is 1. The monoisotopic (exact) mass is 549 g/mol. The van der Waals surface area contributed by atoms with E-state index in [-0.39, 0.29) is 29.4 Å². The van der Waals surface area contributed by atoms with Gasteiger partial charge in [0.2, 0.25) is 0 Å². The van der Waals surface area contributed by atoms with E-state index in [4.69, 9.17) is 14.2 Å². The van der Waals surface area contributed by atoms with Gasteiger partial charge in [-0.2, -0.15) is 0 Å². The van der Waals surface area contributed by atoms with Crippen molar-refractivity contribution in [2.45, 2.75) is 19.9 Å². The zero-order valence-corrected chi connectivity index (χ0v) is 22.0. The Morgan fingerprint density at radius 1 is 1.21 bits per heavy atom. The van der Waals surface area contributed by atoms with E-state index in [2.05, 4.69) is 11.6 Å². The highest BCUT2D eigenvalue weighted by Crippen LogP contribution is 2.36. The second kappa shape index (κ2) is 11.3. The first-order chi connectivity index (χ1) is 18.6. The van der Waals surface area contributed by atoms with Gasteiger partial charge in [-0.05, 0) is 48.4 Å². The van der Waals surface area contributed by atoms with Crippen molar-refractivity contribution in [1.29, 1.82) is 0 Å². The number of hydrogen-bond donors (Lipinski definition) is 0. The molecule has 0 bridgehead atoms. The fourth-order valence-electron chi connectivity index (χ4n) is 4.05. The molecule has 39 heavy (non-hydrogen) atoms. The van der Waals surface area contributed by atoms with Crippen LogP contribution in [0.1, 0.15) is 31.0 Å². The summed E-state index contributed by atoms with van der Waals surface area (Å²) < 4.78 is 17.6. The lowest BCUT2D eigenvalue weighted by Crippen LogP contribution is -2.40. The number of nitro benzene ring substituents is 1. The van der Waals surface area contributed by atoms with Gasteiger partial charge < -0.3 is 14.2 Å². The van der Waals surface area contributed by atoms with Crippen LogP contribution in [0.3, 0.4) is 0 Å². The van der Waals surface area contributed by atoms with Crippen LogP contribution in [-0.2, 0) is 14.3 Å². The van der Waals surface area contributed by atoms with Crippen molar-refractivity contribution in [3.8, 4) is 11.5 Å². The Morgan fingerprint density at radius 2 is 1.92 bits per heavy atom. The van der Waals surface area contributed by atoms with Gasteiger partial charge in [-0.25, -0.2) is 9.79 Å². The zero-order chi connectivity index (χ0) is 28.3. The van der Waals surface area contributed by atoms with Gasteiger partial charge >= 0.3 is 11.9 Å². The highest BCUT2D eigenvalue weighted by molar-refractivity contribution is 7.07. The third kappa shape index (κ3) is 5.55. The van der Waals surface area contributed by atoms with Crippen LogP contribution >= 0.6 is 11.3 Å². The number of aromatic nitrogens is 1. The molecule has 0 radical (unpaired) electrons. The van der Waals surface area contributed by atoms with Crippen molar-refractivity contribution in [2.24, 2.45) is 4.99 Å². The van der Waals surface area contributed by atoms with Gasteiger partial charge in [0.15, 0.2) is 16.3 Å². The molecule has 12 heteroatoms. The number of carbonyl (C=O) groups excluding carboxylic acids is 2. The minimum atomic E-state index is -0.933. The van der Waals surface area contributed by atoms with Gasteiger partial charge in [-0.15, -0.1) is 0 Å². The maximum absolute atomic E-state index is 13.7. The number of benzene rings is 2. The van der Waals surface area contributed by atoms with Crippen LogP contribution in [-0.4, -0.2) is 35.1 Å². The summed E-state index contributed by atoms with van der Waals surface area (Å²) in [4.78, 5) is 53.7. The molecule has 1 aromatic heterocycles. The van der Waals surface area contributed by atoms with Crippen molar-refractivity contribution < 1.29 is 28.7 Å². The van der Waals surface area contributed by atoms with Crippen LogP contribution in [0.25, 0.3) is 6.08 Å². The van der Waals surface area contributed by atoms with Crippen LogP contribution in [0, 0.1) is 10.1 Å². The number of non-ortho nitro benzene ring substituents is 1. The average molecular weight is 550 g/mol. The fourth-order valence-corrected chi connectivity index (χ4v) is 5.09. The number of carbonyl (C=O) groups is 2. The minimum absolute atomic E-state index is 0.0401. The molecule has 1 aliphatic heterocycles. The number of methoxy groups -OCH3 is 1. The maximum Gasteiger partial charge on any atom is 0.338 e. The molecule has 0 N–H and O–H groups in total. The Hall–Kier alpha value is -4.84. The van der Waals surface area contributed by atoms with Crippen LogP contribution < -0.4 is 24.4 Å². The number of allylic oxidation sites excluding steroid dienone is 1. The molecular weight excluding hydrogens is 526 g/mol. The first-order valence-electron chi connectivity index (χ1n) is 11.6. The molecule has 1 atom stereocenters. The van der Waals surface area contributed by atoms with E-state index in [1.54, 1.807) is 25.1 Å². The van der Waals surface area contributed by atoms with Gasteiger partial charge in [-0.1, -0.05) is 30.1 Å². The van der Waals surface area contributed by atoms with Crippen molar-refractivity contribution >= 4 is 35.0 Å². The maximum atomic E-state index is 13.7. The molecule has 11 nitrogen and oxygen atoms in total. The standard InChI is InChI=1S/C27H23N3O8S/c1-5-12-37-26(33)23-15(2)28-27-29(24(23)18-8-11-20(38-16(3)31)21(14-18)36-4)25(32)22(39-27)13-17-6-9-19(10-7-17)30(34)35/h5-11,13-14,24H,1,12H2,2-4H3/b22-13-. The molecule has 0 saturated heterocycles. The lowest BCUT2D eigenvalue weighted by atomic mass is 9.95.